The first-order chi connectivity index (χ1) is 9.13. The van der Waals surface area contributed by atoms with Gasteiger partial charge in [0.2, 0.25) is 0 Å². The molecule has 1 N–H and O–H groups in total. The molecule has 0 radical (unpaired) electrons. The second kappa shape index (κ2) is 6.12. The van der Waals surface area contributed by atoms with Crippen molar-refractivity contribution in [2.24, 2.45) is 0 Å². The van der Waals surface area contributed by atoms with Gasteiger partial charge in [-0.1, -0.05) is 19.1 Å². The maximum atomic E-state index is 11.0. The summed E-state index contributed by atoms with van der Waals surface area (Å²) in [6.45, 7) is 7.89. The fourth-order valence-electron chi connectivity index (χ4n) is 2.47. The van der Waals surface area contributed by atoms with Crippen molar-refractivity contribution in [2.45, 2.75) is 32.9 Å². The van der Waals surface area contributed by atoms with Crippen molar-refractivity contribution in [1.82, 2.24) is 10.2 Å². The van der Waals surface area contributed by atoms with Gasteiger partial charge in [0.15, 0.2) is 0 Å². The number of hydrogen-bond donors (Lipinski definition) is 1. The van der Waals surface area contributed by atoms with Crippen LogP contribution in [0.1, 0.15) is 24.5 Å². The smallest absolute Gasteiger partial charge is 0.272 e. The van der Waals surface area contributed by atoms with Gasteiger partial charge in [0.1, 0.15) is 0 Å². The molecule has 19 heavy (non-hydrogen) atoms. The zero-order chi connectivity index (χ0) is 13.8. The Morgan fingerprint density at radius 3 is 2.74 bits per heavy atom. The zero-order valence-electron chi connectivity index (χ0n) is 11.6. The normalized spacial score (nSPS) is 15.5. The lowest BCUT2D eigenvalue weighted by atomic mass is 10.0. The van der Waals surface area contributed by atoms with Crippen LogP contribution in [-0.2, 0) is 6.54 Å². The summed E-state index contributed by atoms with van der Waals surface area (Å²) in [5.41, 5.74) is 2.08. The molecule has 0 aromatic heterocycles. The Bertz CT molecular complexity index is 458. The summed E-state index contributed by atoms with van der Waals surface area (Å²) in [5, 5.41) is 14.2. The monoisotopic (exact) mass is 263 g/mol. The van der Waals surface area contributed by atoms with Crippen LogP contribution in [0, 0.1) is 17.0 Å². The van der Waals surface area contributed by atoms with Crippen LogP contribution in [0.4, 0.5) is 5.69 Å². The molecule has 1 saturated heterocycles. The Morgan fingerprint density at radius 1 is 1.47 bits per heavy atom. The van der Waals surface area contributed by atoms with Crippen molar-refractivity contribution < 1.29 is 4.92 Å². The van der Waals surface area contributed by atoms with Gasteiger partial charge in [-0.15, -0.1) is 0 Å². The number of benzene rings is 1. The first-order valence-corrected chi connectivity index (χ1v) is 6.81. The molecule has 0 spiro atoms. The lowest BCUT2D eigenvalue weighted by Crippen LogP contribution is -2.57. The van der Waals surface area contributed by atoms with Crippen LogP contribution in [0.5, 0.6) is 0 Å². The Balaban J connectivity index is 2.16. The van der Waals surface area contributed by atoms with Crippen LogP contribution in [0.25, 0.3) is 0 Å². The Labute approximate surface area is 113 Å². The number of nitro benzene ring substituents is 1. The Hall–Kier alpha value is -1.46. The summed E-state index contributed by atoms with van der Waals surface area (Å²) in [5.74, 6) is 0. The molecule has 104 valence electrons. The van der Waals surface area contributed by atoms with Crippen LogP contribution in [0.3, 0.4) is 0 Å². The quantitative estimate of drug-likeness (QED) is 0.630. The topological polar surface area (TPSA) is 58.4 Å². The molecule has 0 atom stereocenters. The van der Waals surface area contributed by atoms with E-state index in [2.05, 4.69) is 17.1 Å². The molecular weight excluding hydrogens is 242 g/mol. The minimum absolute atomic E-state index is 0.223. The van der Waals surface area contributed by atoms with Gasteiger partial charge >= 0.3 is 0 Å². The first kappa shape index (κ1) is 14.0. The molecule has 5 heteroatoms. The minimum atomic E-state index is -0.298. The molecule has 0 amide bonds. The van der Waals surface area contributed by atoms with Crippen molar-refractivity contribution >= 4 is 5.69 Å². The van der Waals surface area contributed by atoms with E-state index in [0.29, 0.717) is 6.04 Å². The summed E-state index contributed by atoms with van der Waals surface area (Å²) in [7, 11) is 0. The highest BCUT2D eigenvalue weighted by molar-refractivity contribution is 5.44. The van der Waals surface area contributed by atoms with Gasteiger partial charge in [0, 0.05) is 37.3 Å². The van der Waals surface area contributed by atoms with Crippen molar-refractivity contribution in [2.75, 3.05) is 19.6 Å². The van der Waals surface area contributed by atoms with Crippen LogP contribution < -0.4 is 5.32 Å². The second-order valence-corrected chi connectivity index (χ2v) is 5.10. The minimum Gasteiger partial charge on any atom is -0.314 e. The SMILES string of the molecule is CCCN(Cc1cccc([N+](=O)[O-])c1C)C1CNC1. The van der Waals surface area contributed by atoms with E-state index in [1.54, 1.807) is 12.1 Å². The summed E-state index contributed by atoms with van der Waals surface area (Å²) >= 11 is 0. The second-order valence-electron chi connectivity index (χ2n) is 5.10. The number of nitrogens with zero attached hydrogens (tertiary/aromatic N) is 2. The van der Waals surface area contributed by atoms with Crippen molar-refractivity contribution in [3.63, 3.8) is 0 Å². The highest BCUT2D eigenvalue weighted by Crippen LogP contribution is 2.23. The zero-order valence-corrected chi connectivity index (χ0v) is 11.6. The van der Waals surface area contributed by atoms with Gasteiger partial charge < -0.3 is 5.32 Å². The number of nitrogens with one attached hydrogen (secondary N) is 1. The summed E-state index contributed by atoms with van der Waals surface area (Å²) in [6.07, 6.45) is 1.10. The Morgan fingerprint density at radius 2 is 2.21 bits per heavy atom. The number of rotatable bonds is 6. The summed E-state index contributed by atoms with van der Waals surface area (Å²) < 4.78 is 0. The molecule has 1 heterocycles. The predicted molar refractivity (Wildman–Crippen MR) is 75.2 cm³/mol. The van der Waals surface area contributed by atoms with Crippen molar-refractivity contribution in [3.05, 3.63) is 39.4 Å². The third-order valence-corrected chi connectivity index (χ3v) is 3.77. The van der Waals surface area contributed by atoms with Crippen LogP contribution in [-0.4, -0.2) is 35.5 Å². The Kier molecular flexibility index (Phi) is 4.50. The highest BCUT2D eigenvalue weighted by Gasteiger charge is 2.25. The number of hydrogen-bond acceptors (Lipinski definition) is 4. The average Bonchev–Trinajstić information content (AvgIpc) is 2.29. The van der Waals surface area contributed by atoms with E-state index in [-0.39, 0.29) is 10.6 Å². The van der Waals surface area contributed by atoms with E-state index >= 15 is 0 Å². The molecule has 0 saturated carbocycles. The fourth-order valence-corrected chi connectivity index (χ4v) is 2.47. The molecule has 0 unspecified atom stereocenters. The standard InChI is InChI=1S/C14H21N3O2/c1-3-7-16(13-8-15-9-13)10-12-5-4-6-14(11(12)2)17(18)19/h4-6,13,15H,3,7-10H2,1-2H3. The third kappa shape index (κ3) is 3.11. The fraction of sp³-hybridized carbons (Fsp3) is 0.571. The largest absolute Gasteiger partial charge is 0.314 e. The molecule has 1 aliphatic rings. The van der Waals surface area contributed by atoms with Crippen molar-refractivity contribution in [1.29, 1.82) is 0 Å². The van der Waals surface area contributed by atoms with Gasteiger partial charge in [0.05, 0.1) is 4.92 Å². The van der Waals surface area contributed by atoms with Crippen LogP contribution in [0.2, 0.25) is 0 Å². The average molecular weight is 263 g/mol. The molecule has 1 aliphatic heterocycles. The maximum absolute atomic E-state index is 11.0. The summed E-state index contributed by atoms with van der Waals surface area (Å²) in [6, 6.07) is 5.92. The molecule has 2 rings (SSSR count). The highest BCUT2D eigenvalue weighted by atomic mass is 16.6. The molecule has 1 aromatic rings. The molecule has 0 bridgehead atoms. The van der Waals surface area contributed by atoms with E-state index < -0.39 is 0 Å². The van der Waals surface area contributed by atoms with E-state index in [4.69, 9.17) is 0 Å². The molecule has 1 fully saturated rings. The molecule has 5 nitrogen and oxygen atoms in total. The molecular formula is C14H21N3O2. The molecule has 0 aliphatic carbocycles. The van der Waals surface area contributed by atoms with Gasteiger partial charge in [-0.25, -0.2) is 0 Å². The third-order valence-electron chi connectivity index (χ3n) is 3.77. The summed E-state index contributed by atoms with van der Waals surface area (Å²) in [4.78, 5) is 13.1. The van der Waals surface area contributed by atoms with Crippen LogP contribution in [0.15, 0.2) is 18.2 Å². The lowest BCUT2D eigenvalue weighted by molar-refractivity contribution is -0.385. The maximum Gasteiger partial charge on any atom is 0.272 e. The first-order valence-electron chi connectivity index (χ1n) is 6.81. The molecule has 1 aromatic carbocycles. The lowest BCUT2D eigenvalue weighted by Gasteiger charge is -2.38. The van der Waals surface area contributed by atoms with Crippen molar-refractivity contribution in [3.8, 4) is 0 Å². The van der Waals surface area contributed by atoms with E-state index in [0.717, 1.165) is 43.7 Å². The van der Waals surface area contributed by atoms with Gasteiger partial charge in [-0.3, -0.25) is 15.0 Å². The van der Waals surface area contributed by atoms with Gasteiger partial charge in [-0.05, 0) is 25.5 Å². The number of nitro groups is 1. The van der Waals surface area contributed by atoms with Gasteiger partial charge in [-0.2, -0.15) is 0 Å². The van der Waals surface area contributed by atoms with E-state index in [1.807, 2.05) is 13.0 Å². The van der Waals surface area contributed by atoms with Crippen LogP contribution >= 0.6 is 0 Å². The predicted octanol–water partition coefficient (Wildman–Crippen LogP) is 2.09. The van der Waals surface area contributed by atoms with E-state index in [9.17, 15) is 10.1 Å². The van der Waals surface area contributed by atoms with E-state index in [1.165, 1.54) is 0 Å². The van der Waals surface area contributed by atoms with Gasteiger partial charge in [0.25, 0.3) is 5.69 Å².